The Kier molecular flexibility index (Phi) is 7.22. The number of carbonyl (C=O) groups is 2. The van der Waals surface area contributed by atoms with Gasteiger partial charge in [0.15, 0.2) is 5.69 Å². The number of aromatic nitrogens is 3. The molecule has 4 aromatic rings. The average Bonchev–Trinajstić information content (AvgIpc) is 3.59. The summed E-state index contributed by atoms with van der Waals surface area (Å²) in [4.78, 5) is 30.3. The number of nitrogens with zero attached hydrogens (tertiary/aromatic N) is 3. The van der Waals surface area contributed by atoms with Crippen LogP contribution in [0.15, 0.2) is 72.9 Å². The Morgan fingerprint density at radius 2 is 1.78 bits per heavy atom. The molecular weight excluding hydrogens is 497 g/mol. The van der Waals surface area contributed by atoms with Gasteiger partial charge >= 0.3 is 0 Å². The molecule has 1 aliphatic heterocycles. The predicted octanol–water partition coefficient (Wildman–Crippen LogP) is 3.43. The highest BCUT2D eigenvalue weighted by Crippen LogP contribution is 2.28. The monoisotopic (exact) mass is 519 g/mol. The van der Waals surface area contributed by atoms with E-state index in [4.69, 9.17) is 11.6 Å². The largest absolute Gasteiger partial charge is 0.350 e. The Hall–Kier alpha value is -4.12. The van der Waals surface area contributed by atoms with E-state index in [0.29, 0.717) is 17.9 Å². The minimum atomic E-state index is -0.596. The molecule has 1 saturated heterocycles. The van der Waals surface area contributed by atoms with E-state index >= 15 is 0 Å². The molecule has 0 radical (unpaired) electrons. The first-order chi connectivity index (χ1) is 18.0. The molecule has 0 saturated carbocycles. The van der Waals surface area contributed by atoms with Crippen molar-refractivity contribution in [2.45, 2.75) is 0 Å². The highest BCUT2D eigenvalue weighted by atomic mass is 35.5. The molecule has 0 bridgehead atoms. The van der Waals surface area contributed by atoms with Crippen molar-refractivity contribution in [3.63, 3.8) is 0 Å². The number of amides is 2. The van der Waals surface area contributed by atoms with Crippen LogP contribution in [0.5, 0.6) is 0 Å². The van der Waals surface area contributed by atoms with Gasteiger partial charge in [-0.15, -0.1) is 0 Å². The van der Waals surface area contributed by atoms with E-state index in [1.807, 2.05) is 18.2 Å². The molecule has 0 atom stereocenters. The van der Waals surface area contributed by atoms with Gasteiger partial charge in [0, 0.05) is 43.4 Å². The zero-order valence-electron chi connectivity index (χ0n) is 19.5. The molecular formula is C26H23ClFN7O2. The molecule has 2 aromatic carbocycles. The lowest BCUT2D eigenvalue weighted by Gasteiger charge is -2.11. The topological polar surface area (TPSA) is 113 Å². The minimum Gasteiger partial charge on any atom is -0.350 e. The lowest BCUT2D eigenvalue weighted by Crippen LogP contribution is -2.31. The van der Waals surface area contributed by atoms with Crippen molar-refractivity contribution in [2.75, 3.05) is 25.0 Å². The number of hydrazine groups is 1. The Morgan fingerprint density at radius 3 is 2.51 bits per heavy atom. The van der Waals surface area contributed by atoms with Crippen LogP contribution in [-0.2, 0) is 0 Å². The quantitative estimate of drug-likeness (QED) is 0.297. The van der Waals surface area contributed by atoms with Gasteiger partial charge in [0.2, 0.25) is 0 Å². The number of anilines is 1. The van der Waals surface area contributed by atoms with Gasteiger partial charge in [0.1, 0.15) is 11.6 Å². The normalized spacial score (nSPS) is 13.5. The zero-order chi connectivity index (χ0) is 25.8. The third kappa shape index (κ3) is 5.51. The van der Waals surface area contributed by atoms with Crippen LogP contribution in [0.25, 0.3) is 16.9 Å². The molecule has 5 rings (SSSR count). The van der Waals surface area contributed by atoms with Crippen LogP contribution >= 0.6 is 11.6 Å². The van der Waals surface area contributed by atoms with Gasteiger partial charge in [0.25, 0.3) is 11.8 Å². The Balaban J connectivity index is 1.44. The summed E-state index contributed by atoms with van der Waals surface area (Å²) in [6.07, 6.45) is 1.54. The number of carbonyl (C=O) groups excluding carboxylic acids is 2. The Bertz CT molecular complexity index is 1420. The third-order valence-corrected chi connectivity index (χ3v) is 6.20. The molecule has 1 aliphatic rings. The molecule has 1 fully saturated rings. The lowest BCUT2D eigenvalue weighted by atomic mass is 10.1. The van der Waals surface area contributed by atoms with E-state index in [1.54, 1.807) is 30.3 Å². The van der Waals surface area contributed by atoms with Crippen LogP contribution in [0, 0.1) is 11.7 Å². The number of benzene rings is 2. The minimum absolute atomic E-state index is 0.0526. The van der Waals surface area contributed by atoms with Crippen LogP contribution in [0.2, 0.25) is 5.02 Å². The third-order valence-electron chi connectivity index (χ3n) is 5.88. The number of hydrogen-bond donors (Lipinski definition) is 4. The molecule has 0 spiro atoms. The van der Waals surface area contributed by atoms with E-state index in [0.717, 1.165) is 19.2 Å². The van der Waals surface area contributed by atoms with Crippen LogP contribution < -0.4 is 21.5 Å². The number of nitrogens with one attached hydrogen (secondary N) is 4. The summed E-state index contributed by atoms with van der Waals surface area (Å²) >= 11 is 6.25. The number of para-hydroxylation sites is 1. The first kappa shape index (κ1) is 24.6. The summed E-state index contributed by atoms with van der Waals surface area (Å²) in [6, 6.07) is 18.1. The standard InChI is InChI=1S/C26H23ClFN7O2/c27-20-11-21(28)19(22-8-4-5-9-29-22)10-18(20)25(36)33-24-12-23(26(37)30-13-16-14-31-32-15-16)34-35(24)17-6-2-1-3-7-17/h1-12,16,31-32H,13-15H2,(H,30,37)(H,33,36). The van der Waals surface area contributed by atoms with Gasteiger partial charge in [-0.1, -0.05) is 35.9 Å². The first-order valence-corrected chi connectivity index (χ1v) is 12.0. The molecule has 2 aromatic heterocycles. The first-order valence-electron chi connectivity index (χ1n) is 11.6. The van der Waals surface area contributed by atoms with Crippen LogP contribution in [-0.4, -0.2) is 46.2 Å². The number of halogens is 2. The molecule has 4 N–H and O–H groups in total. The van der Waals surface area contributed by atoms with Crippen molar-refractivity contribution in [3.8, 4) is 16.9 Å². The highest BCUT2D eigenvalue weighted by Gasteiger charge is 2.22. The van der Waals surface area contributed by atoms with E-state index in [2.05, 4.69) is 31.6 Å². The predicted molar refractivity (Wildman–Crippen MR) is 138 cm³/mol. The molecule has 2 amide bonds. The van der Waals surface area contributed by atoms with Crippen LogP contribution in [0.4, 0.5) is 10.2 Å². The van der Waals surface area contributed by atoms with Crippen molar-refractivity contribution in [1.82, 2.24) is 30.9 Å². The second-order valence-electron chi connectivity index (χ2n) is 8.48. The van der Waals surface area contributed by atoms with Gasteiger partial charge < -0.3 is 10.6 Å². The summed E-state index contributed by atoms with van der Waals surface area (Å²) in [5.41, 5.74) is 7.38. The fraction of sp³-hybridized carbons (Fsp3) is 0.154. The summed E-state index contributed by atoms with van der Waals surface area (Å²) in [5, 5.41) is 10.0. The van der Waals surface area contributed by atoms with Crippen molar-refractivity contribution in [2.24, 2.45) is 5.92 Å². The number of rotatable bonds is 7. The van der Waals surface area contributed by atoms with Crippen molar-refractivity contribution >= 4 is 29.2 Å². The van der Waals surface area contributed by atoms with E-state index in [1.165, 1.54) is 23.0 Å². The maximum atomic E-state index is 14.6. The maximum Gasteiger partial charge on any atom is 0.271 e. The van der Waals surface area contributed by atoms with Crippen LogP contribution in [0.1, 0.15) is 20.8 Å². The maximum absolute atomic E-state index is 14.6. The van der Waals surface area contributed by atoms with Crippen molar-refractivity contribution in [1.29, 1.82) is 0 Å². The smallest absolute Gasteiger partial charge is 0.271 e. The number of pyridine rings is 1. The fourth-order valence-electron chi connectivity index (χ4n) is 3.95. The molecule has 3 heterocycles. The zero-order valence-corrected chi connectivity index (χ0v) is 20.3. The van der Waals surface area contributed by atoms with Gasteiger partial charge in [-0.25, -0.2) is 9.07 Å². The van der Waals surface area contributed by atoms with Crippen LogP contribution in [0.3, 0.4) is 0 Å². The Morgan fingerprint density at radius 1 is 1.03 bits per heavy atom. The van der Waals surface area contributed by atoms with Gasteiger partial charge in [-0.2, -0.15) is 5.10 Å². The molecule has 11 heteroatoms. The van der Waals surface area contributed by atoms with Crippen molar-refractivity contribution in [3.05, 3.63) is 95.0 Å². The lowest BCUT2D eigenvalue weighted by molar-refractivity contribution is 0.0942. The molecule has 37 heavy (non-hydrogen) atoms. The molecule has 9 nitrogen and oxygen atoms in total. The molecule has 0 unspecified atom stereocenters. The summed E-state index contributed by atoms with van der Waals surface area (Å²) in [6.45, 7) is 1.97. The van der Waals surface area contributed by atoms with E-state index in [-0.39, 0.29) is 39.5 Å². The van der Waals surface area contributed by atoms with E-state index in [9.17, 15) is 14.0 Å². The van der Waals surface area contributed by atoms with Gasteiger partial charge in [-0.3, -0.25) is 25.4 Å². The molecule has 188 valence electrons. The molecule has 0 aliphatic carbocycles. The van der Waals surface area contributed by atoms with Gasteiger partial charge in [-0.05, 0) is 36.4 Å². The summed E-state index contributed by atoms with van der Waals surface area (Å²) < 4.78 is 16.1. The summed E-state index contributed by atoms with van der Waals surface area (Å²) in [5.74, 6) is -1.04. The summed E-state index contributed by atoms with van der Waals surface area (Å²) in [7, 11) is 0. The second-order valence-corrected chi connectivity index (χ2v) is 8.89. The highest BCUT2D eigenvalue weighted by molar-refractivity contribution is 6.34. The number of hydrogen-bond acceptors (Lipinski definition) is 6. The fourth-order valence-corrected chi connectivity index (χ4v) is 4.19. The Labute approximate surface area is 217 Å². The van der Waals surface area contributed by atoms with Gasteiger partial charge in [0.05, 0.1) is 22.0 Å². The SMILES string of the molecule is O=C(NCC1CNNC1)c1cc(NC(=O)c2cc(-c3ccccn3)c(F)cc2Cl)n(-c2ccccc2)n1. The van der Waals surface area contributed by atoms with E-state index < -0.39 is 11.7 Å². The average molecular weight is 520 g/mol. The van der Waals surface area contributed by atoms with Crippen molar-refractivity contribution < 1.29 is 14.0 Å². The second kappa shape index (κ2) is 10.9.